The summed E-state index contributed by atoms with van der Waals surface area (Å²) in [6.07, 6.45) is -4.45. The average Bonchev–Trinajstić information content (AvgIpc) is 2.65. The first kappa shape index (κ1) is 19.8. The number of nitrogens with zero attached hydrogens (tertiary/aromatic N) is 1. The molecule has 3 rings (SSSR count). The molecular weight excluding hydrogens is 379 g/mol. The van der Waals surface area contributed by atoms with E-state index in [1.54, 1.807) is 30.3 Å². The Bertz CT molecular complexity index is 747. The molecule has 0 atom stereocenters. The molecule has 0 bridgehead atoms. The first-order chi connectivity index (χ1) is 12.9. The maximum absolute atomic E-state index is 13.5. The first-order valence-electron chi connectivity index (χ1n) is 8.69. The van der Waals surface area contributed by atoms with E-state index in [1.807, 2.05) is 0 Å². The van der Waals surface area contributed by atoms with Crippen LogP contribution in [-0.4, -0.2) is 44.3 Å². The highest BCUT2D eigenvalue weighted by atomic mass is 35.5. The summed E-state index contributed by atoms with van der Waals surface area (Å²) in [5, 5.41) is 6.45. The number of morpholine rings is 1. The third-order valence-electron chi connectivity index (χ3n) is 4.31. The van der Waals surface area contributed by atoms with Crippen molar-refractivity contribution in [3.63, 3.8) is 0 Å². The first-order valence-corrected chi connectivity index (χ1v) is 9.07. The smallest absolute Gasteiger partial charge is 0.383 e. The minimum Gasteiger partial charge on any atom is -0.383 e. The van der Waals surface area contributed by atoms with Crippen molar-refractivity contribution in [3.8, 4) is 0 Å². The predicted octanol–water partition coefficient (Wildman–Crippen LogP) is 4.85. The number of anilines is 3. The van der Waals surface area contributed by atoms with Gasteiger partial charge in [0.15, 0.2) is 0 Å². The van der Waals surface area contributed by atoms with Gasteiger partial charge in [-0.15, -0.1) is 0 Å². The molecule has 1 aliphatic rings. The summed E-state index contributed by atoms with van der Waals surface area (Å²) in [4.78, 5) is 2.17. The highest BCUT2D eigenvalue weighted by Crippen LogP contribution is 2.37. The van der Waals surface area contributed by atoms with Crippen LogP contribution in [0, 0.1) is 0 Å². The molecule has 0 amide bonds. The molecule has 0 spiro atoms. The van der Waals surface area contributed by atoms with Gasteiger partial charge in [-0.2, -0.15) is 13.2 Å². The van der Waals surface area contributed by atoms with Crippen molar-refractivity contribution in [1.82, 2.24) is 4.90 Å². The maximum atomic E-state index is 13.5. The largest absolute Gasteiger partial charge is 0.418 e. The van der Waals surface area contributed by atoms with E-state index >= 15 is 0 Å². The number of benzene rings is 2. The number of alkyl halides is 3. The molecule has 0 aliphatic carbocycles. The third kappa shape index (κ3) is 5.76. The molecule has 1 fully saturated rings. The molecule has 1 heterocycles. The summed E-state index contributed by atoms with van der Waals surface area (Å²) in [5.74, 6) is 0. The van der Waals surface area contributed by atoms with Crippen LogP contribution in [0.3, 0.4) is 0 Å². The SMILES string of the molecule is FC(F)(F)c1cc(Nc2ccc(Cl)cc2)ccc1NCCN1CCOCC1. The fourth-order valence-corrected chi connectivity index (χ4v) is 3.01. The van der Waals surface area contributed by atoms with Crippen molar-refractivity contribution >= 4 is 28.7 Å². The van der Waals surface area contributed by atoms with Gasteiger partial charge in [0.1, 0.15) is 0 Å². The van der Waals surface area contributed by atoms with E-state index in [0.29, 0.717) is 42.7 Å². The van der Waals surface area contributed by atoms with Crippen LogP contribution < -0.4 is 10.6 Å². The monoisotopic (exact) mass is 399 g/mol. The normalized spacial score (nSPS) is 15.6. The second-order valence-electron chi connectivity index (χ2n) is 6.27. The van der Waals surface area contributed by atoms with Gasteiger partial charge in [0.05, 0.1) is 18.8 Å². The molecule has 2 N–H and O–H groups in total. The van der Waals surface area contributed by atoms with Crippen LogP contribution >= 0.6 is 11.6 Å². The summed E-state index contributed by atoms with van der Waals surface area (Å²) < 4.78 is 45.7. The zero-order valence-corrected chi connectivity index (χ0v) is 15.4. The summed E-state index contributed by atoms with van der Waals surface area (Å²) in [6, 6.07) is 11.0. The highest BCUT2D eigenvalue weighted by molar-refractivity contribution is 6.30. The quantitative estimate of drug-likeness (QED) is 0.728. The van der Waals surface area contributed by atoms with Crippen LogP contribution in [0.15, 0.2) is 42.5 Å². The van der Waals surface area contributed by atoms with Crippen molar-refractivity contribution in [2.75, 3.05) is 50.0 Å². The molecule has 1 aliphatic heterocycles. The number of hydrogen-bond acceptors (Lipinski definition) is 4. The van der Waals surface area contributed by atoms with Gasteiger partial charge in [0.2, 0.25) is 0 Å². The van der Waals surface area contributed by atoms with Gasteiger partial charge in [-0.05, 0) is 42.5 Å². The molecule has 0 radical (unpaired) electrons. The van der Waals surface area contributed by atoms with Crippen molar-refractivity contribution in [2.24, 2.45) is 0 Å². The standard InChI is InChI=1S/C19H21ClF3N3O/c20-14-1-3-15(4-2-14)25-16-5-6-18(17(13-16)19(21,22)23)24-7-8-26-9-11-27-12-10-26/h1-6,13,24-25H,7-12H2. The number of ether oxygens (including phenoxy) is 1. The van der Waals surface area contributed by atoms with E-state index < -0.39 is 11.7 Å². The molecule has 8 heteroatoms. The Morgan fingerprint density at radius 3 is 2.33 bits per heavy atom. The molecular formula is C19H21ClF3N3O. The second kappa shape index (κ2) is 8.82. The van der Waals surface area contributed by atoms with Gasteiger partial charge in [0, 0.05) is 48.3 Å². The fraction of sp³-hybridized carbons (Fsp3) is 0.368. The molecule has 4 nitrogen and oxygen atoms in total. The minimum absolute atomic E-state index is 0.0809. The summed E-state index contributed by atoms with van der Waals surface area (Å²) in [6.45, 7) is 4.05. The zero-order chi connectivity index (χ0) is 19.3. The second-order valence-corrected chi connectivity index (χ2v) is 6.71. The Morgan fingerprint density at radius 1 is 1.00 bits per heavy atom. The van der Waals surface area contributed by atoms with Gasteiger partial charge in [-0.1, -0.05) is 11.6 Å². The third-order valence-corrected chi connectivity index (χ3v) is 4.56. The van der Waals surface area contributed by atoms with Gasteiger partial charge in [-0.25, -0.2) is 0 Å². The molecule has 0 aromatic heterocycles. The summed E-state index contributed by atoms with van der Waals surface area (Å²) >= 11 is 5.83. The van der Waals surface area contributed by atoms with Gasteiger partial charge in [-0.3, -0.25) is 4.90 Å². The molecule has 2 aromatic carbocycles. The molecule has 1 saturated heterocycles. The van der Waals surface area contributed by atoms with Crippen LogP contribution in [0.1, 0.15) is 5.56 Å². The Hall–Kier alpha value is -1.96. The lowest BCUT2D eigenvalue weighted by Gasteiger charge is -2.27. The lowest BCUT2D eigenvalue weighted by Crippen LogP contribution is -2.39. The summed E-state index contributed by atoms with van der Waals surface area (Å²) in [7, 11) is 0. The Labute approximate surface area is 161 Å². The Morgan fingerprint density at radius 2 is 1.67 bits per heavy atom. The topological polar surface area (TPSA) is 36.5 Å². The summed E-state index contributed by atoms with van der Waals surface area (Å²) in [5.41, 5.74) is 0.421. The molecule has 0 saturated carbocycles. The molecule has 0 unspecified atom stereocenters. The van der Waals surface area contributed by atoms with Crippen molar-refractivity contribution in [3.05, 3.63) is 53.1 Å². The number of hydrogen-bond donors (Lipinski definition) is 2. The van der Waals surface area contributed by atoms with Crippen LogP contribution in [0.5, 0.6) is 0 Å². The molecule has 2 aromatic rings. The van der Waals surface area contributed by atoms with Crippen LogP contribution in [0.25, 0.3) is 0 Å². The minimum atomic E-state index is -4.45. The number of halogens is 4. The van der Waals surface area contributed by atoms with Crippen molar-refractivity contribution in [1.29, 1.82) is 0 Å². The van der Waals surface area contributed by atoms with E-state index in [2.05, 4.69) is 15.5 Å². The predicted molar refractivity (Wildman–Crippen MR) is 102 cm³/mol. The van der Waals surface area contributed by atoms with Crippen LogP contribution in [0.4, 0.5) is 30.2 Å². The number of rotatable bonds is 6. The molecule has 27 heavy (non-hydrogen) atoms. The fourth-order valence-electron chi connectivity index (χ4n) is 2.88. The molecule has 146 valence electrons. The van der Waals surface area contributed by atoms with Gasteiger partial charge in [0.25, 0.3) is 0 Å². The Balaban J connectivity index is 1.68. The maximum Gasteiger partial charge on any atom is 0.418 e. The Kier molecular flexibility index (Phi) is 6.46. The van der Waals surface area contributed by atoms with Crippen molar-refractivity contribution < 1.29 is 17.9 Å². The van der Waals surface area contributed by atoms with E-state index in [0.717, 1.165) is 19.2 Å². The van der Waals surface area contributed by atoms with Crippen LogP contribution in [0.2, 0.25) is 5.02 Å². The van der Waals surface area contributed by atoms with Crippen LogP contribution in [-0.2, 0) is 10.9 Å². The highest BCUT2D eigenvalue weighted by Gasteiger charge is 2.33. The van der Waals surface area contributed by atoms with Gasteiger partial charge >= 0.3 is 6.18 Å². The number of nitrogens with one attached hydrogen (secondary N) is 2. The van der Waals surface area contributed by atoms with E-state index in [4.69, 9.17) is 16.3 Å². The van der Waals surface area contributed by atoms with Crippen molar-refractivity contribution in [2.45, 2.75) is 6.18 Å². The zero-order valence-electron chi connectivity index (χ0n) is 14.7. The van der Waals surface area contributed by atoms with E-state index in [1.165, 1.54) is 6.07 Å². The van der Waals surface area contributed by atoms with E-state index in [9.17, 15) is 13.2 Å². The van der Waals surface area contributed by atoms with Gasteiger partial charge < -0.3 is 15.4 Å². The lowest BCUT2D eigenvalue weighted by atomic mass is 10.1. The average molecular weight is 400 g/mol. The van der Waals surface area contributed by atoms with E-state index in [-0.39, 0.29) is 5.69 Å². The lowest BCUT2D eigenvalue weighted by molar-refractivity contribution is -0.136.